The van der Waals surface area contributed by atoms with Gasteiger partial charge < -0.3 is 5.73 Å². The first-order valence-corrected chi connectivity index (χ1v) is 7.19. The van der Waals surface area contributed by atoms with Gasteiger partial charge in [-0.3, -0.25) is 4.72 Å². The molecule has 2 rings (SSSR count). The average molecular weight is 277 g/mol. The van der Waals surface area contributed by atoms with Crippen LogP contribution in [0.5, 0.6) is 0 Å². The Hall–Kier alpha value is -2.08. The Balaban J connectivity index is 2.37. The SMILES string of the molecule is Cc1ccc(NS(=O)(=O)c2ncccc2N)cc1C. The molecule has 0 amide bonds. The molecule has 0 aliphatic heterocycles. The van der Waals surface area contributed by atoms with E-state index in [1.54, 1.807) is 18.2 Å². The summed E-state index contributed by atoms with van der Waals surface area (Å²) in [6.45, 7) is 3.88. The Labute approximate surface area is 112 Å². The minimum atomic E-state index is -3.76. The highest BCUT2D eigenvalue weighted by molar-refractivity contribution is 7.92. The quantitative estimate of drug-likeness (QED) is 0.899. The number of anilines is 2. The summed E-state index contributed by atoms with van der Waals surface area (Å²) in [4.78, 5) is 3.81. The maximum atomic E-state index is 12.2. The predicted molar refractivity (Wildman–Crippen MR) is 75.4 cm³/mol. The molecule has 1 heterocycles. The summed E-state index contributed by atoms with van der Waals surface area (Å²) >= 11 is 0. The second-order valence-electron chi connectivity index (χ2n) is 4.30. The Morgan fingerprint density at radius 2 is 1.89 bits per heavy atom. The lowest BCUT2D eigenvalue weighted by Gasteiger charge is -2.10. The minimum absolute atomic E-state index is 0.124. The summed E-state index contributed by atoms with van der Waals surface area (Å²) < 4.78 is 26.8. The van der Waals surface area contributed by atoms with E-state index in [1.165, 1.54) is 12.3 Å². The fraction of sp³-hybridized carbons (Fsp3) is 0.154. The number of nitrogens with one attached hydrogen (secondary N) is 1. The molecular formula is C13H15N3O2S. The van der Waals surface area contributed by atoms with Crippen molar-refractivity contribution < 1.29 is 8.42 Å². The van der Waals surface area contributed by atoms with Crippen molar-refractivity contribution in [2.75, 3.05) is 10.5 Å². The van der Waals surface area contributed by atoms with Gasteiger partial charge in [-0.05, 0) is 49.2 Å². The maximum absolute atomic E-state index is 12.2. The molecular weight excluding hydrogens is 262 g/mol. The second kappa shape index (κ2) is 4.89. The first kappa shape index (κ1) is 13.4. The van der Waals surface area contributed by atoms with Crippen LogP contribution in [0.1, 0.15) is 11.1 Å². The zero-order valence-electron chi connectivity index (χ0n) is 10.7. The topological polar surface area (TPSA) is 85.1 Å². The summed E-state index contributed by atoms with van der Waals surface area (Å²) in [6.07, 6.45) is 1.39. The summed E-state index contributed by atoms with van der Waals surface area (Å²) in [5.74, 6) is 0. The van der Waals surface area contributed by atoms with E-state index in [0.29, 0.717) is 5.69 Å². The van der Waals surface area contributed by atoms with Crippen molar-refractivity contribution >= 4 is 21.4 Å². The number of hydrogen-bond acceptors (Lipinski definition) is 4. The van der Waals surface area contributed by atoms with Crippen molar-refractivity contribution in [2.24, 2.45) is 0 Å². The molecule has 0 spiro atoms. The lowest BCUT2D eigenvalue weighted by molar-refractivity contribution is 0.598. The number of aromatic nitrogens is 1. The first-order valence-electron chi connectivity index (χ1n) is 5.71. The first-order chi connectivity index (χ1) is 8.90. The molecule has 0 radical (unpaired) electrons. The molecule has 2 aromatic rings. The number of pyridine rings is 1. The summed E-state index contributed by atoms with van der Waals surface area (Å²) in [6, 6.07) is 8.42. The smallest absolute Gasteiger partial charge is 0.281 e. The van der Waals surface area contributed by atoms with Crippen LogP contribution in [0.15, 0.2) is 41.6 Å². The van der Waals surface area contributed by atoms with Gasteiger partial charge in [0.05, 0.1) is 5.69 Å². The van der Waals surface area contributed by atoms with E-state index in [4.69, 9.17) is 5.73 Å². The van der Waals surface area contributed by atoms with E-state index in [2.05, 4.69) is 9.71 Å². The van der Waals surface area contributed by atoms with Crippen molar-refractivity contribution in [2.45, 2.75) is 18.9 Å². The van der Waals surface area contributed by atoms with Gasteiger partial charge in [-0.1, -0.05) is 6.07 Å². The Kier molecular flexibility index (Phi) is 3.44. The number of rotatable bonds is 3. The highest BCUT2D eigenvalue weighted by Crippen LogP contribution is 2.20. The molecule has 0 saturated heterocycles. The lowest BCUT2D eigenvalue weighted by Crippen LogP contribution is -2.16. The van der Waals surface area contributed by atoms with E-state index in [-0.39, 0.29) is 10.7 Å². The number of benzene rings is 1. The van der Waals surface area contributed by atoms with Crippen LogP contribution < -0.4 is 10.5 Å². The molecule has 19 heavy (non-hydrogen) atoms. The molecule has 0 bridgehead atoms. The third-order valence-corrected chi connectivity index (χ3v) is 4.17. The van der Waals surface area contributed by atoms with E-state index in [1.807, 2.05) is 19.9 Å². The molecule has 100 valence electrons. The summed E-state index contributed by atoms with van der Waals surface area (Å²) in [5.41, 5.74) is 8.36. The van der Waals surface area contributed by atoms with Crippen LogP contribution in [-0.4, -0.2) is 13.4 Å². The van der Waals surface area contributed by atoms with Crippen LogP contribution >= 0.6 is 0 Å². The monoisotopic (exact) mass is 277 g/mol. The number of nitrogen functional groups attached to an aromatic ring is 1. The molecule has 5 nitrogen and oxygen atoms in total. The molecule has 0 aliphatic carbocycles. The molecule has 0 fully saturated rings. The molecule has 6 heteroatoms. The van der Waals surface area contributed by atoms with E-state index < -0.39 is 10.0 Å². The zero-order valence-corrected chi connectivity index (χ0v) is 11.5. The molecule has 0 unspecified atom stereocenters. The number of nitrogens with two attached hydrogens (primary N) is 1. The average Bonchev–Trinajstić information content (AvgIpc) is 2.34. The Morgan fingerprint density at radius 1 is 1.16 bits per heavy atom. The molecule has 1 aromatic carbocycles. The third kappa shape index (κ3) is 2.85. The normalized spacial score (nSPS) is 11.3. The summed E-state index contributed by atoms with van der Waals surface area (Å²) in [5, 5.41) is -0.159. The largest absolute Gasteiger partial charge is 0.396 e. The van der Waals surface area contributed by atoms with E-state index >= 15 is 0 Å². The van der Waals surface area contributed by atoms with Crippen LogP contribution in [0.4, 0.5) is 11.4 Å². The fourth-order valence-electron chi connectivity index (χ4n) is 1.64. The molecule has 0 aliphatic rings. The standard InChI is InChI=1S/C13H15N3O2S/c1-9-5-6-11(8-10(9)2)16-19(17,18)13-12(14)4-3-7-15-13/h3-8,16H,14H2,1-2H3. The molecule has 0 saturated carbocycles. The Morgan fingerprint density at radius 3 is 2.53 bits per heavy atom. The molecule has 3 N–H and O–H groups in total. The number of hydrogen-bond donors (Lipinski definition) is 2. The number of aryl methyl sites for hydroxylation is 2. The van der Waals surface area contributed by atoms with Crippen molar-refractivity contribution in [3.63, 3.8) is 0 Å². The van der Waals surface area contributed by atoms with Crippen LogP contribution in [0.2, 0.25) is 0 Å². The van der Waals surface area contributed by atoms with Crippen LogP contribution in [-0.2, 0) is 10.0 Å². The highest BCUT2D eigenvalue weighted by atomic mass is 32.2. The second-order valence-corrected chi connectivity index (χ2v) is 5.90. The summed E-state index contributed by atoms with van der Waals surface area (Å²) in [7, 11) is -3.76. The van der Waals surface area contributed by atoms with Gasteiger partial charge in [0.1, 0.15) is 0 Å². The van der Waals surface area contributed by atoms with Crippen molar-refractivity contribution in [3.8, 4) is 0 Å². The van der Waals surface area contributed by atoms with Crippen molar-refractivity contribution in [1.29, 1.82) is 0 Å². The number of nitrogens with zero attached hydrogens (tertiary/aromatic N) is 1. The van der Waals surface area contributed by atoms with Gasteiger partial charge in [0.25, 0.3) is 10.0 Å². The lowest BCUT2D eigenvalue weighted by atomic mass is 10.1. The van der Waals surface area contributed by atoms with Gasteiger partial charge in [-0.15, -0.1) is 0 Å². The van der Waals surface area contributed by atoms with E-state index in [9.17, 15) is 8.42 Å². The maximum Gasteiger partial charge on any atom is 0.281 e. The fourth-order valence-corrected chi connectivity index (χ4v) is 2.75. The molecule has 1 aromatic heterocycles. The van der Waals surface area contributed by atoms with Crippen LogP contribution in [0.3, 0.4) is 0 Å². The van der Waals surface area contributed by atoms with Crippen LogP contribution in [0.25, 0.3) is 0 Å². The molecule has 0 atom stereocenters. The third-order valence-electron chi connectivity index (χ3n) is 2.81. The van der Waals surface area contributed by atoms with Gasteiger partial charge in [-0.25, -0.2) is 4.98 Å². The van der Waals surface area contributed by atoms with Gasteiger partial charge in [0.15, 0.2) is 5.03 Å². The van der Waals surface area contributed by atoms with Crippen LogP contribution in [0, 0.1) is 13.8 Å². The predicted octanol–water partition coefficient (Wildman–Crippen LogP) is 2.08. The van der Waals surface area contributed by atoms with Crippen molar-refractivity contribution in [3.05, 3.63) is 47.7 Å². The van der Waals surface area contributed by atoms with Gasteiger partial charge >= 0.3 is 0 Å². The Bertz CT molecular complexity index is 712. The number of sulfonamides is 1. The van der Waals surface area contributed by atoms with Gasteiger partial charge in [0.2, 0.25) is 0 Å². The van der Waals surface area contributed by atoms with Gasteiger partial charge in [-0.2, -0.15) is 8.42 Å². The minimum Gasteiger partial charge on any atom is -0.396 e. The van der Waals surface area contributed by atoms with E-state index in [0.717, 1.165) is 11.1 Å². The zero-order chi connectivity index (χ0) is 14.0. The van der Waals surface area contributed by atoms with Crippen molar-refractivity contribution in [1.82, 2.24) is 4.98 Å². The van der Waals surface area contributed by atoms with Gasteiger partial charge in [0, 0.05) is 11.9 Å². The highest BCUT2D eigenvalue weighted by Gasteiger charge is 2.18.